The highest BCUT2D eigenvalue weighted by Crippen LogP contribution is 2.33. The maximum absolute atomic E-state index is 14.1. The van der Waals surface area contributed by atoms with Crippen molar-refractivity contribution in [2.45, 2.75) is 45.5 Å². The molecule has 1 N–H and O–H groups in total. The van der Waals surface area contributed by atoms with Crippen LogP contribution in [0.3, 0.4) is 0 Å². The Balaban J connectivity index is 1.54. The van der Waals surface area contributed by atoms with Gasteiger partial charge in [-0.1, -0.05) is 6.07 Å². The zero-order chi connectivity index (χ0) is 23.4. The van der Waals surface area contributed by atoms with Crippen molar-refractivity contribution >= 4 is 17.2 Å². The van der Waals surface area contributed by atoms with Crippen molar-refractivity contribution in [1.82, 2.24) is 14.5 Å². The SMILES string of the molecule is Cc1nc(-c2cn3c(c(O)c2=O)C(=O)N2[C@H](C)CCO[C@H]2C3)sc1Cc1ccc(F)cc1F. The fraction of sp³-hybridized carbons (Fsp3) is 0.348. The molecule has 1 saturated heterocycles. The fourth-order valence-electron chi connectivity index (χ4n) is 4.36. The van der Waals surface area contributed by atoms with Crippen LogP contribution >= 0.6 is 11.3 Å². The molecular formula is C23H21F2N3O4S. The summed E-state index contributed by atoms with van der Waals surface area (Å²) in [4.78, 5) is 32.8. The van der Waals surface area contributed by atoms with E-state index in [0.29, 0.717) is 34.2 Å². The topological polar surface area (TPSA) is 84.7 Å². The molecule has 33 heavy (non-hydrogen) atoms. The molecule has 2 atom stereocenters. The van der Waals surface area contributed by atoms with Crippen LogP contribution in [0.4, 0.5) is 8.78 Å². The zero-order valence-electron chi connectivity index (χ0n) is 18.0. The second-order valence-corrected chi connectivity index (χ2v) is 9.42. The first-order chi connectivity index (χ1) is 15.7. The van der Waals surface area contributed by atoms with E-state index in [4.69, 9.17) is 4.74 Å². The van der Waals surface area contributed by atoms with Gasteiger partial charge in [-0.05, 0) is 31.9 Å². The number of hydrogen-bond acceptors (Lipinski definition) is 6. The lowest BCUT2D eigenvalue weighted by atomic mass is 10.1. The van der Waals surface area contributed by atoms with Gasteiger partial charge in [0.1, 0.15) is 16.6 Å². The van der Waals surface area contributed by atoms with E-state index in [2.05, 4.69) is 4.98 Å². The van der Waals surface area contributed by atoms with Gasteiger partial charge in [-0.2, -0.15) is 0 Å². The highest BCUT2D eigenvalue weighted by atomic mass is 32.1. The average Bonchev–Trinajstić information content (AvgIpc) is 3.12. The maximum Gasteiger partial charge on any atom is 0.276 e. The molecule has 2 aliphatic rings. The molecule has 3 aromatic rings. The summed E-state index contributed by atoms with van der Waals surface area (Å²) in [5, 5.41) is 11.0. The van der Waals surface area contributed by atoms with Crippen LogP contribution in [0.25, 0.3) is 10.6 Å². The number of ether oxygens (including phenoxy) is 1. The van der Waals surface area contributed by atoms with E-state index in [1.54, 1.807) is 16.4 Å². The number of aryl methyl sites for hydroxylation is 1. The molecule has 0 bridgehead atoms. The van der Waals surface area contributed by atoms with Gasteiger partial charge >= 0.3 is 0 Å². The third-order valence-electron chi connectivity index (χ3n) is 6.17. The van der Waals surface area contributed by atoms with Crippen molar-refractivity contribution < 1.29 is 23.4 Å². The molecule has 172 valence electrons. The van der Waals surface area contributed by atoms with Crippen molar-refractivity contribution in [1.29, 1.82) is 0 Å². The lowest BCUT2D eigenvalue weighted by molar-refractivity contribution is -0.112. The van der Waals surface area contributed by atoms with Crippen molar-refractivity contribution in [2.24, 2.45) is 0 Å². The van der Waals surface area contributed by atoms with Crippen LogP contribution in [0.1, 0.15) is 40.0 Å². The van der Waals surface area contributed by atoms with Crippen molar-refractivity contribution in [3.05, 3.63) is 68.1 Å². The van der Waals surface area contributed by atoms with E-state index < -0.39 is 34.9 Å². The van der Waals surface area contributed by atoms with Gasteiger partial charge in [0.15, 0.2) is 17.7 Å². The Hall–Kier alpha value is -3.11. The highest BCUT2D eigenvalue weighted by molar-refractivity contribution is 7.15. The van der Waals surface area contributed by atoms with E-state index in [1.807, 2.05) is 6.92 Å². The monoisotopic (exact) mass is 473 g/mol. The molecule has 10 heteroatoms. The highest BCUT2D eigenvalue weighted by Gasteiger charge is 2.40. The van der Waals surface area contributed by atoms with Crippen molar-refractivity contribution in [3.63, 3.8) is 0 Å². The smallest absolute Gasteiger partial charge is 0.276 e. The van der Waals surface area contributed by atoms with Gasteiger partial charge in [0.2, 0.25) is 5.43 Å². The standard InChI is InChI=1S/C23H21F2N3O4S/c1-11-5-6-32-18-10-27-9-15(20(29)21(30)19(27)23(31)28(11)18)22-26-12(2)17(33-22)7-13-3-4-14(24)8-16(13)25/h3-4,8-9,11,18,30H,5-7,10H2,1-2H3/t11-,18+/m1/s1. The van der Waals surface area contributed by atoms with Gasteiger partial charge in [0.25, 0.3) is 5.91 Å². The number of thiazole rings is 1. The van der Waals surface area contributed by atoms with Gasteiger partial charge in [0.05, 0.1) is 24.4 Å². The van der Waals surface area contributed by atoms with Crippen LogP contribution in [0.15, 0.2) is 29.2 Å². The van der Waals surface area contributed by atoms with E-state index in [9.17, 15) is 23.5 Å². The first-order valence-electron chi connectivity index (χ1n) is 10.6. The molecule has 7 nitrogen and oxygen atoms in total. The number of hydrogen-bond donors (Lipinski definition) is 1. The number of halogens is 2. The minimum Gasteiger partial charge on any atom is -0.503 e. The molecule has 0 saturated carbocycles. The predicted molar refractivity (Wildman–Crippen MR) is 117 cm³/mol. The van der Waals surface area contributed by atoms with Crippen LogP contribution in [0.2, 0.25) is 0 Å². The van der Waals surface area contributed by atoms with E-state index in [0.717, 1.165) is 6.07 Å². The Morgan fingerprint density at radius 2 is 2.09 bits per heavy atom. The molecular weight excluding hydrogens is 452 g/mol. The number of benzene rings is 1. The number of amides is 1. The van der Waals surface area contributed by atoms with Gasteiger partial charge in [-0.3, -0.25) is 9.59 Å². The molecule has 0 unspecified atom stereocenters. The van der Waals surface area contributed by atoms with Crippen LogP contribution in [0.5, 0.6) is 5.75 Å². The van der Waals surface area contributed by atoms with Crippen molar-refractivity contribution in [2.75, 3.05) is 6.61 Å². The molecule has 0 spiro atoms. The van der Waals surface area contributed by atoms with E-state index in [-0.39, 0.29) is 30.3 Å². The van der Waals surface area contributed by atoms with Gasteiger partial charge in [0, 0.05) is 29.6 Å². The summed E-state index contributed by atoms with van der Waals surface area (Å²) in [6.45, 7) is 4.46. The van der Waals surface area contributed by atoms with Crippen LogP contribution < -0.4 is 5.43 Å². The summed E-state index contributed by atoms with van der Waals surface area (Å²) in [6.07, 6.45) is 1.92. The Kier molecular flexibility index (Phi) is 5.29. The lowest BCUT2D eigenvalue weighted by Crippen LogP contribution is -2.56. The molecule has 0 radical (unpaired) electrons. The molecule has 5 rings (SSSR count). The second-order valence-electron chi connectivity index (χ2n) is 8.34. The number of rotatable bonds is 3. The number of aromatic hydroxyl groups is 1. The van der Waals surface area contributed by atoms with Gasteiger partial charge in [-0.25, -0.2) is 13.8 Å². The number of pyridine rings is 1. The zero-order valence-corrected chi connectivity index (χ0v) is 18.8. The molecule has 2 aromatic heterocycles. The minimum absolute atomic E-state index is 0.0563. The van der Waals surface area contributed by atoms with Crippen LogP contribution in [-0.4, -0.2) is 44.3 Å². The molecule has 4 heterocycles. The van der Waals surface area contributed by atoms with Crippen LogP contribution in [0, 0.1) is 18.6 Å². The molecule has 0 aliphatic carbocycles. The lowest BCUT2D eigenvalue weighted by Gasteiger charge is -2.44. The number of fused-ring (bicyclic) bond motifs is 2. The normalized spacial score (nSPS) is 20.0. The van der Waals surface area contributed by atoms with E-state index in [1.165, 1.54) is 29.7 Å². The predicted octanol–water partition coefficient (Wildman–Crippen LogP) is 3.45. The summed E-state index contributed by atoms with van der Waals surface area (Å²) in [5.74, 6) is -2.37. The van der Waals surface area contributed by atoms with E-state index >= 15 is 0 Å². The Labute approximate surface area is 191 Å². The maximum atomic E-state index is 14.1. The fourth-order valence-corrected chi connectivity index (χ4v) is 5.45. The Morgan fingerprint density at radius 1 is 1.30 bits per heavy atom. The third kappa shape index (κ3) is 3.63. The third-order valence-corrected chi connectivity index (χ3v) is 7.36. The summed E-state index contributed by atoms with van der Waals surface area (Å²) in [7, 11) is 0. The summed E-state index contributed by atoms with van der Waals surface area (Å²) < 4.78 is 34.6. The van der Waals surface area contributed by atoms with Gasteiger partial charge < -0.3 is 19.3 Å². The second kappa shape index (κ2) is 8.03. The Bertz CT molecular complexity index is 1340. The molecule has 2 aliphatic heterocycles. The average molecular weight is 474 g/mol. The number of aromatic nitrogens is 2. The number of carbonyl (C=O) groups is 1. The quantitative estimate of drug-likeness (QED) is 0.630. The van der Waals surface area contributed by atoms with Gasteiger partial charge in [-0.15, -0.1) is 11.3 Å². The largest absolute Gasteiger partial charge is 0.503 e. The number of carbonyl (C=O) groups excluding carboxylic acids is 1. The first kappa shape index (κ1) is 21.7. The number of nitrogens with zero attached hydrogens (tertiary/aromatic N) is 3. The van der Waals surface area contributed by atoms with Crippen LogP contribution in [-0.2, 0) is 17.7 Å². The first-order valence-corrected chi connectivity index (χ1v) is 11.4. The molecule has 1 amide bonds. The summed E-state index contributed by atoms with van der Waals surface area (Å²) in [6, 6.07) is 3.34. The Morgan fingerprint density at radius 3 is 2.85 bits per heavy atom. The summed E-state index contributed by atoms with van der Waals surface area (Å²) >= 11 is 1.20. The molecule has 1 aromatic carbocycles. The molecule has 1 fully saturated rings. The summed E-state index contributed by atoms with van der Waals surface area (Å²) in [5.41, 5.74) is 0.326. The minimum atomic E-state index is -0.688. The van der Waals surface area contributed by atoms with Crippen molar-refractivity contribution in [3.8, 4) is 16.3 Å².